The summed E-state index contributed by atoms with van der Waals surface area (Å²) >= 11 is 2.90. The molecule has 0 bridgehead atoms. The zero-order valence-electron chi connectivity index (χ0n) is 16.7. The van der Waals surface area contributed by atoms with Crippen LogP contribution in [0.25, 0.3) is 0 Å². The van der Waals surface area contributed by atoms with Crippen LogP contribution >= 0.6 is 23.5 Å². The van der Waals surface area contributed by atoms with Crippen molar-refractivity contribution in [3.05, 3.63) is 45.8 Å². The number of amides is 1. The van der Waals surface area contributed by atoms with Crippen LogP contribution in [0.4, 0.5) is 0 Å². The standard InChI is InChI=1S/C21H26N2O5S2/c1-2-14(24)16-18(26)23-17(20(27)28)21(30-19(16)23)29-13-8-9-22(10-13)11-15(25)12-6-4-3-5-7-12/h3-7,13-16,19,24-25H,2,8-11H2,1H3,(H,27,28)/t13?,14-,15-,16+,19+/m0/s1. The molecule has 4 rings (SSSR count). The molecular weight excluding hydrogens is 424 g/mol. The molecule has 3 heterocycles. The first-order chi connectivity index (χ1) is 14.4. The molecule has 1 aromatic carbocycles. The van der Waals surface area contributed by atoms with Crippen LogP contribution in [0.3, 0.4) is 0 Å². The third-order valence-corrected chi connectivity index (χ3v) is 8.76. The number of benzene rings is 1. The number of β-amino-alcohol motifs (C(OH)–C–C–N with tert-alkyl or cyclic N) is 1. The molecule has 0 aromatic heterocycles. The molecule has 9 heteroatoms. The number of carbonyl (C=O) groups excluding carboxylic acids is 1. The van der Waals surface area contributed by atoms with E-state index in [0.29, 0.717) is 17.2 Å². The predicted octanol–water partition coefficient (Wildman–Crippen LogP) is 2.08. The van der Waals surface area contributed by atoms with Crippen molar-refractivity contribution in [2.24, 2.45) is 5.92 Å². The second-order valence-corrected chi connectivity index (χ2v) is 10.6. The van der Waals surface area contributed by atoms with Gasteiger partial charge in [-0.25, -0.2) is 4.79 Å². The number of aliphatic hydroxyl groups excluding tert-OH is 2. The van der Waals surface area contributed by atoms with Crippen LogP contribution in [-0.4, -0.2) is 73.4 Å². The van der Waals surface area contributed by atoms with Gasteiger partial charge in [0.25, 0.3) is 0 Å². The molecule has 7 nitrogen and oxygen atoms in total. The second-order valence-electron chi connectivity index (χ2n) is 7.87. The fraction of sp³-hybridized carbons (Fsp3) is 0.524. The molecule has 162 valence electrons. The molecule has 2 fully saturated rings. The number of hydrogen-bond donors (Lipinski definition) is 3. The molecule has 1 amide bonds. The van der Waals surface area contributed by atoms with Crippen LogP contribution in [0.5, 0.6) is 0 Å². The maximum absolute atomic E-state index is 12.5. The number of fused-ring (bicyclic) bond motifs is 1. The fourth-order valence-electron chi connectivity index (χ4n) is 4.23. The van der Waals surface area contributed by atoms with E-state index in [0.717, 1.165) is 25.1 Å². The Hall–Kier alpha value is -1.52. The third kappa shape index (κ3) is 4.01. The van der Waals surface area contributed by atoms with E-state index in [1.165, 1.54) is 28.4 Å². The van der Waals surface area contributed by atoms with Gasteiger partial charge in [0.2, 0.25) is 5.91 Å². The van der Waals surface area contributed by atoms with Gasteiger partial charge in [0, 0.05) is 18.3 Å². The van der Waals surface area contributed by atoms with E-state index in [2.05, 4.69) is 4.90 Å². The van der Waals surface area contributed by atoms with Crippen molar-refractivity contribution in [3.8, 4) is 0 Å². The topological polar surface area (TPSA) is 101 Å². The number of β-lactam (4-membered cyclic amide) rings is 1. The first-order valence-electron chi connectivity index (χ1n) is 10.2. The summed E-state index contributed by atoms with van der Waals surface area (Å²) in [6, 6.07) is 9.56. The number of aliphatic hydroxyl groups is 2. The summed E-state index contributed by atoms with van der Waals surface area (Å²) in [6.45, 7) is 3.95. The summed E-state index contributed by atoms with van der Waals surface area (Å²) in [6.07, 6.45) is 0.0589. The summed E-state index contributed by atoms with van der Waals surface area (Å²) in [5.41, 5.74) is 0.946. The number of nitrogens with zero attached hydrogens (tertiary/aromatic N) is 2. The molecule has 2 saturated heterocycles. The summed E-state index contributed by atoms with van der Waals surface area (Å²) in [5, 5.41) is 30.2. The SMILES string of the molecule is CC[C@H](O)[C@@H]1C(=O)N2C(C(=O)O)=C(SC3CCN(C[C@H](O)c4ccccc4)C3)S[C@H]12. The molecule has 5 atom stereocenters. The average Bonchev–Trinajstić information content (AvgIpc) is 3.31. The van der Waals surface area contributed by atoms with E-state index in [9.17, 15) is 24.9 Å². The van der Waals surface area contributed by atoms with Gasteiger partial charge in [-0.15, -0.1) is 11.8 Å². The number of hydrogen-bond acceptors (Lipinski definition) is 7. The molecule has 3 aliphatic rings. The van der Waals surface area contributed by atoms with E-state index in [4.69, 9.17) is 0 Å². The third-order valence-electron chi connectivity index (χ3n) is 5.90. The van der Waals surface area contributed by atoms with Crippen molar-refractivity contribution in [1.82, 2.24) is 9.80 Å². The number of carbonyl (C=O) groups is 2. The molecule has 0 saturated carbocycles. The number of carboxylic acids is 1. The van der Waals surface area contributed by atoms with E-state index in [1.807, 2.05) is 37.3 Å². The van der Waals surface area contributed by atoms with Gasteiger partial charge in [0.15, 0.2) is 5.70 Å². The molecule has 30 heavy (non-hydrogen) atoms. The zero-order valence-corrected chi connectivity index (χ0v) is 18.3. The maximum Gasteiger partial charge on any atom is 0.354 e. The molecule has 3 N–H and O–H groups in total. The summed E-state index contributed by atoms with van der Waals surface area (Å²) in [4.78, 5) is 27.8. The minimum absolute atomic E-state index is 0.0577. The highest BCUT2D eigenvalue weighted by atomic mass is 32.2. The Labute approximate surface area is 184 Å². The van der Waals surface area contributed by atoms with Gasteiger partial charge in [-0.05, 0) is 24.9 Å². The number of aliphatic carboxylic acids is 1. The monoisotopic (exact) mass is 450 g/mol. The number of thioether (sulfide) groups is 2. The van der Waals surface area contributed by atoms with Gasteiger partial charge in [0.05, 0.1) is 22.4 Å². The molecule has 1 aromatic rings. The highest BCUT2D eigenvalue weighted by Gasteiger charge is 2.58. The van der Waals surface area contributed by atoms with Crippen molar-refractivity contribution in [1.29, 1.82) is 0 Å². The second kappa shape index (κ2) is 8.92. The first-order valence-corrected chi connectivity index (χ1v) is 11.9. The quantitative estimate of drug-likeness (QED) is 0.518. The lowest BCUT2D eigenvalue weighted by Gasteiger charge is -2.44. The molecule has 0 spiro atoms. The zero-order chi connectivity index (χ0) is 21.4. The minimum Gasteiger partial charge on any atom is -0.477 e. The Bertz CT molecular complexity index is 849. The normalized spacial score (nSPS) is 28.4. The molecular formula is C21H26N2O5S2. The largest absolute Gasteiger partial charge is 0.477 e. The fourth-order valence-corrected chi connectivity index (χ4v) is 7.54. The maximum atomic E-state index is 12.5. The predicted molar refractivity (Wildman–Crippen MR) is 117 cm³/mol. The average molecular weight is 451 g/mol. The van der Waals surface area contributed by atoms with Gasteiger partial charge in [-0.3, -0.25) is 14.6 Å². The van der Waals surface area contributed by atoms with E-state index in [1.54, 1.807) is 0 Å². The Morgan fingerprint density at radius 1 is 1.30 bits per heavy atom. The van der Waals surface area contributed by atoms with E-state index >= 15 is 0 Å². The van der Waals surface area contributed by atoms with Crippen molar-refractivity contribution >= 4 is 35.4 Å². The summed E-state index contributed by atoms with van der Waals surface area (Å²) < 4.78 is 0.655. The van der Waals surface area contributed by atoms with Crippen LogP contribution in [0.2, 0.25) is 0 Å². The van der Waals surface area contributed by atoms with E-state index < -0.39 is 24.1 Å². The molecule has 0 aliphatic carbocycles. The van der Waals surface area contributed by atoms with Gasteiger partial charge in [-0.2, -0.15) is 0 Å². The number of rotatable bonds is 8. The van der Waals surface area contributed by atoms with Crippen molar-refractivity contribution < 1.29 is 24.9 Å². The van der Waals surface area contributed by atoms with Crippen LogP contribution < -0.4 is 0 Å². The highest BCUT2D eigenvalue weighted by Crippen LogP contribution is 2.55. The van der Waals surface area contributed by atoms with Gasteiger partial charge in [0.1, 0.15) is 5.37 Å². The van der Waals surface area contributed by atoms with Crippen molar-refractivity contribution in [3.63, 3.8) is 0 Å². The van der Waals surface area contributed by atoms with Crippen molar-refractivity contribution in [2.45, 2.75) is 42.6 Å². The smallest absolute Gasteiger partial charge is 0.354 e. The first kappa shape index (κ1) is 21.7. The van der Waals surface area contributed by atoms with Crippen LogP contribution in [0.15, 0.2) is 40.3 Å². The Kier molecular flexibility index (Phi) is 6.45. The molecule has 1 unspecified atom stereocenters. The summed E-state index contributed by atoms with van der Waals surface area (Å²) in [7, 11) is 0. The van der Waals surface area contributed by atoms with Gasteiger partial charge >= 0.3 is 5.97 Å². The van der Waals surface area contributed by atoms with Gasteiger partial charge < -0.3 is 15.3 Å². The summed E-state index contributed by atoms with van der Waals surface area (Å²) in [5.74, 6) is -1.93. The highest BCUT2D eigenvalue weighted by molar-refractivity contribution is 8.23. The van der Waals surface area contributed by atoms with Crippen molar-refractivity contribution in [2.75, 3.05) is 19.6 Å². The van der Waals surface area contributed by atoms with Crippen LogP contribution in [-0.2, 0) is 9.59 Å². The lowest BCUT2D eigenvalue weighted by atomic mass is 9.90. The Morgan fingerprint density at radius 3 is 2.70 bits per heavy atom. The lowest BCUT2D eigenvalue weighted by Crippen LogP contribution is -2.61. The minimum atomic E-state index is -1.10. The van der Waals surface area contributed by atoms with Crippen LogP contribution in [0, 0.1) is 5.92 Å². The Balaban J connectivity index is 1.38. The molecule has 3 aliphatic heterocycles. The van der Waals surface area contributed by atoms with E-state index in [-0.39, 0.29) is 22.2 Å². The van der Waals surface area contributed by atoms with Gasteiger partial charge in [-0.1, -0.05) is 49.0 Å². The van der Waals surface area contributed by atoms with Crippen LogP contribution in [0.1, 0.15) is 31.4 Å². The number of likely N-dealkylation sites (tertiary alicyclic amines) is 1. The lowest BCUT2D eigenvalue weighted by molar-refractivity contribution is -0.157. The Morgan fingerprint density at radius 2 is 2.03 bits per heavy atom. The molecule has 0 radical (unpaired) electrons. The number of carboxylic acid groups (broad SMARTS) is 1.